The first-order chi connectivity index (χ1) is 9.15. The molecule has 0 saturated carbocycles. The lowest BCUT2D eigenvalue weighted by Crippen LogP contribution is -2.27. The van der Waals surface area contributed by atoms with Crippen molar-refractivity contribution < 1.29 is 9.59 Å². The van der Waals surface area contributed by atoms with Gasteiger partial charge in [0.15, 0.2) is 0 Å². The van der Waals surface area contributed by atoms with Crippen LogP contribution in [-0.2, 0) is 16.0 Å². The summed E-state index contributed by atoms with van der Waals surface area (Å²) in [7, 11) is 0. The van der Waals surface area contributed by atoms with Gasteiger partial charge in [-0.25, -0.2) is 0 Å². The highest BCUT2D eigenvalue weighted by Gasteiger charge is 2.30. The van der Waals surface area contributed by atoms with Gasteiger partial charge < -0.3 is 15.8 Å². The second-order valence-corrected chi connectivity index (χ2v) is 4.80. The number of benzene rings is 1. The molecule has 4 heteroatoms. The predicted molar refractivity (Wildman–Crippen MR) is 74.7 cm³/mol. The molecule has 2 rings (SSSR count). The standard InChI is InChI=1S/C15H18N2O2/c1-10-12(9-18)8-14(10)15(19)17-13-4-2-11(3-5-13)6-7-16/h2-5,9,12H,6-8,16H2,1H3,(H,17,19). The molecular formula is C15H18N2O2. The van der Waals surface area contributed by atoms with Crippen molar-refractivity contribution in [2.75, 3.05) is 11.9 Å². The van der Waals surface area contributed by atoms with Gasteiger partial charge in [0, 0.05) is 17.2 Å². The summed E-state index contributed by atoms with van der Waals surface area (Å²) >= 11 is 0. The van der Waals surface area contributed by atoms with Crippen molar-refractivity contribution in [3.05, 3.63) is 41.0 Å². The third kappa shape index (κ3) is 2.90. The summed E-state index contributed by atoms with van der Waals surface area (Å²) < 4.78 is 0. The van der Waals surface area contributed by atoms with E-state index in [9.17, 15) is 9.59 Å². The van der Waals surface area contributed by atoms with E-state index in [4.69, 9.17) is 5.73 Å². The van der Waals surface area contributed by atoms with Crippen LogP contribution in [0.3, 0.4) is 0 Å². The van der Waals surface area contributed by atoms with Gasteiger partial charge >= 0.3 is 0 Å². The van der Waals surface area contributed by atoms with E-state index < -0.39 is 0 Å². The van der Waals surface area contributed by atoms with Crippen LogP contribution in [0.4, 0.5) is 5.69 Å². The molecule has 1 aliphatic carbocycles. The molecule has 100 valence electrons. The summed E-state index contributed by atoms with van der Waals surface area (Å²) in [5, 5.41) is 2.84. The summed E-state index contributed by atoms with van der Waals surface area (Å²) in [6, 6.07) is 7.65. The highest BCUT2D eigenvalue weighted by Crippen LogP contribution is 2.33. The number of aldehydes is 1. The summed E-state index contributed by atoms with van der Waals surface area (Å²) in [5.41, 5.74) is 9.01. The first-order valence-corrected chi connectivity index (χ1v) is 6.41. The second-order valence-electron chi connectivity index (χ2n) is 4.80. The SMILES string of the molecule is CC1=C(C(=O)Nc2ccc(CCN)cc2)CC1C=O. The number of allylic oxidation sites excluding steroid dienone is 1. The molecule has 0 radical (unpaired) electrons. The van der Waals surface area contributed by atoms with Crippen molar-refractivity contribution in [1.82, 2.24) is 0 Å². The molecule has 0 saturated heterocycles. The molecular weight excluding hydrogens is 240 g/mol. The Morgan fingerprint density at radius 1 is 1.42 bits per heavy atom. The van der Waals surface area contributed by atoms with E-state index in [0.717, 1.165) is 35.1 Å². The number of carbonyl (C=O) groups excluding carboxylic acids is 2. The molecule has 1 aromatic carbocycles. The van der Waals surface area contributed by atoms with E-state index in [1.807, 2.05) is 31.2 Å². The second kappa shape index (κ2) is 5.80. The van der Waals surface area contributed by atoms with Gasteiger partial charge in [-0.3, -0.25) is 4.79 Å². The van der Waals surface area contributed by atoms with Crippen LogP contribution in [-0.4, -0.2) is 18.7 Å². The number of rotatable bonds is 5. The highest BCUT2D eigenvalue weighted by molar-refractivity contribution is 6.06. The molecule has 0 heterocycles. The first kappa shape index (κ1) is 13.5. The highest BCUT2D eigenvalue weighted by atomic mass is 16.1. The predicted octanol–water partition coefficient (Wildman–Crippen LogP) is 1.66. The zero-order valence-corrected chi connectivity index (χ0v) is 11.0. The molecule has 0 aliphatic heterocycles. The first-order valence-electron chi connectivity index (χ1n) is 6.41. The van der Waals surface area contributed by atoms with Gasteiger partial charge in [0.05, 0.1) is 0 Å². The summed E-state index contributed by atoms with van der Waals surface area (Å²) in [5.74, 6) is -0.185. The minimum Gasteiger partial charge on any atom is -0.330 e. The van der Waals surface area contributed by atoms with E-state index in [0.29, 0.717) is 13.0 Å². The third-order valence-corrected chi connectivity index (χ3v) is 3.54. The van der Waals surface area contributed by atoms with Crippen LogP contribution >= 0.6 is 0 Å². The Kier molecular flexibility index (Phi) is 4.12. The van der Waals surface area contributed by atoms with Crippen molar-refractivity contribution in [3.8, 4) is 0 Å². The van der Waals surface area contributed by atoms with Gasteiger partial charge in [-0.2, -0.15) is 0 Å². The van der Waals surface area contributed by atoms with Gasteiger partial charge in [-0.15, -0.1) is 0 Å². The molecule has 1 amide bonds. The third-order valence-electron chi connectivity index (χ3n) is 3.54. The van der Waals surface area contributed by atoms with E-state index in [2.05, 4.69) is 5.32 Å². The Hall–Kier alpha value is -1.94. The minimum absolute atomic E-state index is 0.0762. The molecule has 1 atom stereocenters. The fraction of sp³-hybridized carbons (Fsp3) is 0.333. The van der Waals surface area contributed by atoms with Crippen LogP contribution in [0.25, 0.3) is 0 Å². The number of nitrogens with two attached hydrogens (primary N) is 1. The van der Waals surface area contributed by atoms with Gasteiger partial charge in [0.2, 0.25) is 0 Å². The Morgan fingerprint density at radius 2 is 2.11 bits per heavy atom. The number of amides is 1. The number of carbonyl (C=O) groups is 2. The molecule has 0 fully saturated rings. The van der Waals surface area contributed by atoms with Gasteiger partial charge in [-0.05, 0) is 44.0 Å². The lowest BCUT2D eigenvalue weighted by Gasteiger charge is -2.26. The van der Waals surface area contributed by atoms with E-state index in [1.54, 1.807) is 0 Å². The molecule has 0 bridgehead atoms. The van der Waals surface area contributed by atoms with Gasteiger partial charge in [-0.1, -0.05) is 17.7 Å². The number of nitrogens with one attached hydrogen (secondary N) is 1. The van der Waals surface area contributed by atoms with Crippen molar-refractivity contribution in [3.63, 3.8) is 0 Å². The largest absolute Gasteiger partial charge is 0.330 e. The average Bonchev–Trinajstić information content (AvgIpc) is 2.40. The Labute approximate surface area is 112 Å². The average molecular weight is 258 g/mol. The molecule has 0 spiro atoms. The molecule has 19 heavy (non-hydrogen) atoms. The molecule has 3 N–H and O–H groups in total. The summed E-state index contributed by atoms with van der Waals surface area (Å²) in [6.07, 6.45) is 2.28. The Balaban J connectivity index is 2.00. The molecule has 1 aromatic rings. The van der Waals surface area contributed by atoms with Crippen LogP contribution < -0.4 is 11.1 Å². The van der Waals surface area contributed by atoms with Crippen molar-refractivity contribution >= 4 is 17.9 Å². The minimum atomic E-state index is -0.109. The maximum Gasteiger partial charge on any atom is 0.251 e. The quantitative estimate of drug-likeness (QED) is 0.789. The summed E-state index contributed by atoms with van der Waals surface area (Å²) in [4.78, 5) is 22.6. The van der Waals surface area contributed by atoms with Crippen molar-refractivity contribution in [1.29, 1.82) is 0 Å². The van der Waals surface area contributed by atoms with Crippen molar-refractivity contribution in [2.24, 2.45) is 11.7 Å². The zero-order valence-electron chi connectivity index (χ0n) is 11.0. The Morgan fingerprint density at radius 3 is 2.63 bits per heavy atom. The van der Waals surface area contributed by atoms with E-state index >= 15 is 0 Å². The maximum atomic E-state index is 12.0. The van der Waals surface area contributed by atoms with Crippen LogP contribution in [0.1, 0.15) is 18.9 Å². The normalized spacial score (nSPS) is 17.9. The van der Waals surface area contributed by atoms with Crippen LogP contribution in [0.15, 0.2) is 35.4 Å². The monoisotopic (exact) mass is 258 g/mol. The fourth-order valence-electron chi connectivity index (χ4n) is 2.18. The van der Waals surface area contributed by atoms with Gasteiger partial charge in [0.1, 0.15) is 6.29 Å². The van der Waals surface area contributed by atoms with E-state index in [1.165, 1.54) is 0 Å². The topological polar surface area (TPSA) is 72.2 Å². The smallest absolute Gasteiger partial charge is 0.251 e. The van der Waals surface area contributed by atoms with Crippen LogP contribution in [0, 0.1) is 5.92 Å². The van der Waals surface area contributed by atoms with E-state index in [-0.39, 0.29) is 11.8 Å². The van der Waals surface area contributed by atoms with Crippen LogP contribution in [0.2, 0.25) is 0 Å². The lowest BCUT2D eigenvalue weighted by atomic mass is 9.79. The molecule has 1 unspecified atom stereocenters. The maximum absolute atomic E-state index is 12.0. The number of hydrogen-bond acceptors (Lipinski definition) is 3. The lowest BCUT2D eigenvalue weighted by molar-refractivity contribution is -0.114. The van der Waals surface area contributed by atoms with Crippen molar-refractivity contribution in [2.45, 2.75) is 19.8 Å². The Bertz CT molecular complexity index is 517. The number of anilines is 1. The molecule has 4 nitrogen and oxygen atoms in total. The fourth-order valence-corrected chi connectivity index (χ4v) is 2.18. The van der Waals surface area contributed by atoms with Gasteiger partial charge in [0.25, 0.3) is 5.91 Å². The molecule has 0 aromatic heterocycles. The van der Waals surface area contributed by atoms with Crippen LogP contribution in [0.5, 0.6) is 0 Å². The zero-order chi connectivity index (χ0) is 13.8. The summed E-state index contributed by atoms with van der Waals surface area (Å²) in [6.45, 7) is 2.45. The molecule has 1 aliphatic rings. The number of hydrogen-bond donors (Lipinski definition) is 2.